The van der Waals surface area contributed by atoms with Crippen LogP contribution in [0.5, 0.6) is 0 Å². The van der Waals surface area contributed by atoms with E-state index in [1.54, 1.807) is 0 Å². The third kappa shape index (κ3) is 2.71. The summed E-state index contributed by atoms with van der Waals surface area (Å²) in [5.74, 6) is -7.79. The van der Waals surface area contributed by atoms with Gasteiger partial charge in [-0.1, -0.05) is 0 Å². The number of benzene rings is 1. The van der Waals surface area contributed by atoms with Gasteiger partial charge in [-0.3, -0.25) is 4.79 Å². The van der Waals surface area contributed by atoms with Crippen molar-refractivity contribution in [2.24, 2.45) is 0 Å². The third-order valence-corrected chi connectivity index (χ3v) is 4.04. The Morgan fingerprint density at radius 1 is 1.16 bits per heavy atom. The van der Waals surface area contributed by atoms with E-state index in [0.717, 1.165) is 12.1 Å². The van der Waals surface area contributed by atoms with Crippen LogP contribution < -0.4 is 0 Å². The molecule has 0 aliphatic carbocycles. The lowest BCUT2D eigenvalue weighted by Gasteiger charge is -2.13. The smallest absolute Gasteiger partial charge is 0.287 e. The standard InChI is InChI=1S/C12H5BrF4OS/c13-10-4-3-9(19-10)12(16,17)11(18)7-2-1-6(14)5-8(7)15/h1-5H. The number of alkyl halides is 2. The van der Waals surface area contributed by atoms with Crippen LogP contribution in [0.15, 0.2) is 34.1 Å². The molecule has 1 nitrogen and oxygen atoms in total. The lowest BCUT2D eigenvalue weighted by molar-refractivity contribution is 0.00934. The second-order valence-electron chi connectivity index (χ2n) is 3.63. The molecule has 2 rings (SSSR count). The minimum absolute atomic E-state index is 0.396. The summed E-state index contributed by atoms with van der Waals surface area (Å²) in [5, 5.41) is 0. The van der Waals surface area contributed by atoms with Crippen LogP contribution in [-0.4, -0.2) is 5.78 Å². The fourth-order valence-corrected chi connectivity index (χ4v) is 2.80. The summed E-state index contributed by atoms with van der Waals surface area (Å²) in [6, 6.07) is 4.31. The van der Waals surface area contributed by atoms with Gasteiger partial charge in [-0.15, -0.1) is 11.3 Å². The molecule has 1 aromatic heterocycles. The quantitative estimate of drug-likeness (QED) is 0.574. The van der Waals surface area contributed by atoms with Gasteiger partial charge in [0.05, 0.1) is 14.2 Å². The van der Waals surface area contributed by atoms with Crippen molar-refractivity contribution >= 4 is 33.0 Å². The second kappa shape index (κ2) is 5.05. The van der Waals surface area contributed by atoms with Crippen molar-refractivity contribution in [1.29, 1.82) is 0 Å². The Morgan fingerprint density at radius 3 is 2.37 bits per heavy atom. The first kappa shape index (κ1) is 14.2. The molecular formula is C12H5BrF4OS. The van der Waals surface area contributed by atoms with Gasteiger partial charge in [0.15, 0.2) is 0 Å². The minimum Gasteiger partial charge on any atom is -0.287 e. The first-order valence-electron chi connectivity index (χ1n) is 4.96. The highest BCUT2D eigenvalue weighted by atomic mass is 79.9. The molecule has 0 spiro atoms. The van der Waals surface area contributed by atoms with Crippen LogP contribution >= 0.6 is 27.3 Å². The van der Waals surface area contributed by atoms with Crippen molar-refractivity contribution < 1.29 is 22.4 Å². The van der Waals surface area contributed by atoms with Crippen molar-refractivity contribution in [2.45, 2.75) is 5.92 Å². The number of hydrogen-bond donors (Lipinski definition) is 0. The van der Waals surface area contributed by atoms with Gasteiger partial charge < -0.3 is 0 Å². The molecule has 0 radical (unpaired) electrons. The Kier molecular flexibility index (Phi) is 3.78. The Bertz CT molecular complexity index is 638. The molecule has 0 saturated carbocycles. The first-order chi connectivity index (χ1) is 8.82. The van der Waals surface area contributed by atoms with Crippen molar-refractivity contribution in [3.63, 3.8) is 0 Å². The number of thiophene rings is 1. The summed E-state index contributed by atoms with van der Waals surface area (Å²) >= 11 is 3.68. The average molecular weight is 353 g/mol. The summed E-state index contributed by atoms with van der Waals surface area (Å²) in [7, 11) is 0. The van der Waals surface area contributed by atoms with Gasteiger partial charge in [-0.25, -0.2) is 8.78 Å². The predicted molar refractivity (Wildman–Crippen MR) is 66.6 cm³/mol. The van der Waals surface area contributed by atoms with Crippen molar-refractivity contribution in [2.75, 3.05) is 0 Å². The van der Waals surface area contributed by atoms with E-state index in [1.807, 2.05) is 0 Å². The number of Topliss-reactive ketones (excluding diaryl/α,β-unsaturated/α-hetero) is 1. The fourth-order valence-electron chi connectivity index (χ4n) is 1.44. The molecule has 2 aromatic rings. The zero-order valence-corrected chi connectivity index (χ0v) is 11.5. The molecule has 7 heteroatoms. The molecule has 0 fully saturated rings. The number of rotatable bonds is 3. The highest BCUT2D eigenvalue weighted by Crippen LogP contribution is 2.38. The summed E-state index contributed by atoms with van der Waals surface area (Å²) < 4.78 is 54.3. The van der Waals surface area contributed by atoms with E-state index in [-0.39, 0.29) is 0 Å². The largest absolute Gasteiger partial charge is 0.344 e. The zero-order chi connectivity index (χ0) is 14.2. The van der Waals surface area contributed by atoms with Gasteiger partial charge in [0.1, 0.15) is 11.6 Å². The van der Waals surface area contributed by atoms with Gasteiger partial charge in [0.25, 0.3) is 0 Å². The number of halogens is 5. The molecule has 0 aliphatic heterocycles. The molecule has 1 aromatic carbocycles. The fraction of sp³-hybridized carbons (Fsp3) is 0.0833. The number of carbonyl (C=O) groups excluding carboxylic acids is 1. The van der Waals surface area contributed by atoms with E-state index in [0.29, 0.717) is 27.3 Å². The van der Waals surface area contributed by atoms with Gasteiger partial charge in [-0.2, -0.15) is 8.78 Å². The molecule has 0 aliphatic rings. The Labute approximate surface area is 118 Å². The van der Waals surface area contributed by atoms with E-state index >= 15 is 0 Å². The molecule has 0 atom stereocenters. The highest BCUT2D eigenvalue weighted by molar-refractivity contribution is 9.11. The topological polar surface area (TPSA) is 17.1 Å². The second-order valence-corrected chi connectivity index (χ2v) is 6.09. The number of hydrogen-bond acceptors (Lipinski definition) is 2. The monoisotopic (exact) mass is 352 g/mol. The van der Waals surface area contributed by atoms with Crippen molar-refractivity contribution in [3.8, 4) is 0 Å². The van der Waals surface area contributed by atoms with Crippen LogP contribution in [0.3, 0.4) is 0 Å². The lowest BCUT2D eigenvalue weighted by atomic mass is 10.0. The molecular weight excluding hydrogens is 348 g/mol. The Balaban J connectivity index is 2.43. The van der Waals surface area contributed by atoms with Gasteiger partial charge in [0, 0.05) is 6.07 Å². The summed E-state index contributed by atoms with van der Waals surface area (Å²) in [4.78, 5) is 11.2. The maximum atomic E-state index is 13.9. The molecule has 0 unspecified atom stereocenters. The number of carbonyl (C=O) groups is 1. The van der Waals surface area contributed by atoms with Crippen LogP contribution in [0.4, 0.5) is 17.6 Å². The maximum Gasteiger partial charge on any atom is 0.344 e. The van der Waals surface area contributed by atoms with E-state index in [1.165, 1.54) is 6.07 Å². The number of ketones is 1. The van der Waals surface area contributed by atoms with E-state index in [2.05, 4.69) is 15.9 Å². The molecule has 1 heterocycles. The van der Waals surface area contributed by atoms with Crippen LogP contribution in [-0.2, 0) is 5.92 Å². The summed E-state index contributed by atoms with van der Waals surface area (Å²) in [6.45, 7) is 0. The SMILES string of the molecule is O=C(c1ccc(F)cc1F)C(F)(F)c1ccc(Br)s1. The first-order valence-corrected chi connectivity index (χ1v) is 6.57. The molecule has 19 heavy (non-hydrogen) atoms. The summed E-state index contributed by atoms with van der Waals surface area (Å²) in [6.07, 6.45) is 0. The average Bonchev–Trinajstić information content (AvgIpc) is 2.76. The summed E-state index contributed by atoms with van der Waals surface area (Å²) in [5.41, 5.74) is -0.837. The van der Waals surface area contributed by atoms with Crippen LogP contribution in [0.25, 0.3) is 0 Å². The van der Waals surface area contributed by atoms with Crippen LogP contribution in [0.1, 0.15) is 15.2 Å². The zero-order valence-electron chi connectivity index (χ0n) is 9.09. The Morgan fingerprint density at radius 2 is 1.84 bits per heavy atom. The van der Waals surface area contributed by atoms with E-state index in [9.17, 15) is 22.4 Å². The van der Waals surface area contributed by atoms with E-state index < -0.39 is 33.8 Å². The lowest BCUT2D eigenvalue weighted by Crippen LogP contribution is -2.26. The molecule has 0 saturated heterocycles. The Hall–Kier alpha value is -1.21. The predicted octanol–water partition coefficient (Wildman–Crippen LogP) is 4.76. The molecule has 100 valence electrons. The molecule has 0 bridgehead atoms. The maximum absolute atomic E-state index is 13.9. The molecule has 0 N–H and O–H groups in total. The van der Waals surface area contributed by atoms with Gasteiger partial charge in [0.2, 0.25) is 5.78 Å². The van der Waals surface area contributed by atoms with Gasteiger partial charge in [-0.05, 0) is 40.2 Å². The minimum atomic E-state index is -3.85. The normalized spacial score (nSPS) is 11.6. The van der Waals surface area contributed by atoms with Crippen molar-refractivity contribution in [3.05, 3.63) is 56.2 Å². The van der Waals surface area contributed by atoms with Crippen molar-refractivity contribution in [1.82, 2.24) is 0 Å². The van der Waals surface area contributed by atoms with Crippen LogP contribution in [0.2, 0.25) is 0 Å². The van der Waals surface area contributed by atoms with E-state index in [4.69, 9.17) is 0 Å². The van der Waals surface area contributed by atoms with Gasteiger partial charge >= 0.3 is 5.92 Å². The third-order valence-electron chi connectivity index (χ3n) is 2.34. The van der Waals surface area contributed by atoms with Crippen LogP contribution in [0, 0.1) is 11.6 Å². The molecule has 0 amide bonds. The highest BCUT2D eigenvalue weighted by Gasteiger charge is 2.43.